The quantitative estimate of drug-likeness (QED) is 0.581. The molecule has 0 fully saturated rings. The van der Waals surface area contributed by atoms with Gasteiger partial charge in [-0.15, -0.1) is 0 Å². The molecule has 2 rings (SSSR count). The van der Waals surface area contributed by atoms with Gasteiger partial charge in [0.2, 0.25) is 5.91 Å². The van der Waals surface area contributed by atoms with Crippen LogP contribution in [0.4, 0.5) is 5.69 Å². The van der Waals surface area contributed by atoms with E-state index in [2.05, 4.69) is 19.2 Å². The standard InChI is InChI=1S/C24H30N2O4/c1-5-15-26(16-6-2)24(28)19-9-11-20(12-10-19)25-23(27)14-8-18-7-13-21(29-3)22(17-18)30-4/h7-14,17H,5-6,15-16H2,1-4H3,(H,25,27)/b14-8+. The average molecular weight is 411 g/mol. The molecule has 2 aromatic carbocycles. The van der Waals surface area contributed by atoms with Crippen LogP contribution in [-0.2, 0) is 4.79 Å². The minimum atomic E-state index is -0.262. The largest absolute Gasteiger partial charge is 0.493 e. The van der Waals surface area contributed by atoms with E-state index in [1.807, 2.05) is 11.0 Å². The van der Waals surface area contributed by atoms with Crippen molar-refractivity contribution < 1.29 is 19.1 Å². The number of hydrogen-bond acceptors (Lipinski definition) is 4. The average Bonchev–Trinajstić information content (AvgIpc) is 2.77. The van der Waals surface area contributed by atoms with Crippen LogP contribution in [0.5, 0.6) is 11.5 Å². The first-order valence-corrected chi connectivity index (χ1v) is 10.1. The second-order valence-corrected chi connectivity index (χ2v) is 6.81. The lowest BCUT2D eigenvalue weighted by Crippen LogP contribution is -2.32. The third kappa shape index (κ3) is 6.37. The molecule has 0 spiro atoms. The van der Waals surface area contributed by atoms with Crippen molar-refractivity contribution in [1.82, 2.24) is 4.90 Å². The lowest BCUT2D eigenvalue weighted by molar-refractivity contribution is -0.111. The van der Waals surface area contributed by atoms with Gasteiger partial charge in [-0.05, 0) is 60.9 Å². The van der Waals surface area contributed by atoms with Gasteiger partial charge in [-0.3, -0.25) is 9.59 Å². The van der Waals surface area contributed by atoms with E-state index in [4.69, 9.17) is 9.47 Å². The van der Waals surface area contributed by atoms with Gasteiger partial charge in [-0.25, -0.2) is 0 Å². The predicted molar refractivity (Wildman–Crippen MR) is 120 cm³/mol. The second-order valence-electron chi connectivity index (χ2n) is 6.81. The van der Waals surface area contributed by atoms with Crippen LogP contribution in [0.2, 0.25) is 0 Å². The molecule has 0 aliphatic heterocycles. The van der Waals surface area contributed by atoms with E-state index in [0.29, 0.717) is 22.7 Å². The molecule has 2 amide bonds. The summed E-state index contributed by atoms with van der Waals surface area (Å²) in [6.45, 7) is 5.60. The fraction of sp³-hybridized carbons (Fsp3) is 0.333. The Kier molecular flexibility index (Phi) is 8.94. The number of amides is 2. The van der Waals surface area contributed by atoms with Crippen molar-refractivity contribution in [2.45, 2.75) is 26.7 Å². The Morgan fingerprint density at radius 3 is 2.13 bits per heavy atom. The van der Waals surface area contributed by atoms with Crippen LogP contribution in [0.25, 0.3) is 6.08 Å². The summed E-state index contributed by atoms with van der Waals surface area (Å²) in [5.41, 5.74) is 2.07. The van der Waals surface area contributed by atoms with Crippen molar-refractivity contribution in [3.8, 4) is 11.5 Å². The zero-order chi connectivity index (χ0) is 21.9. The molecule has 2 aromatic rings. The number of hydrogen-bond donors (Lipinski definition) is 1. The summed E-state index contributed by atoms with van der Waals surface area (Å²) in [6.07, 6.45) is 4.99. The van der Waals surface area contributed by atoms with Crippen molar-refractivity contribution in [2.75, 3.05) is 32.6 Å². The van der Waals surface area contributed by atoms with Gasteiger partial charge in [0.1, 0.15) is 0 Å². The molecule has 0 aromatic heterocycles. The van der Waals surface area contributed by atoms with Gasteiger partial charge in [-0.1, -0.05) is 19.9 Å². The number of methoxy groups -OCH3 is 2. The number of ether oxygens (including phenoxy) is 2. The number of anilines is 1. The second kappa shape index (κ2) is 11.7. The third-order valence-electron chi connectivity index (χ3n) is 4.51. The molecule has 0 heterocycles. The maximum Gasteiger partial charge on any atom is 0.253 e. The maximum atomic E-state index is 12.6. The highest BCUT2D eigenvalue weighted by Gasteiger charge is 2.14. The van der Waals surface area contributed by atoms with Crippen molar-refractivity contribution in [1.29, 1.82) is 0 Å². The number of nitrogens with zero attached hydrogens (tertiary/aromatic N) is 1. The zero-order valence-corrected chi connectivity index (χ0v) is 18.1. The Balaban J connectivity index is 2.00. The fourth-order valence-electron chi connectivity index (χ4n) is 3.05. The zero-order valence-electron chi connectivity index (χ0n) is 18.1. The molecule has 0 saturated carbocycles. The summed E-state index contributed by atoms with van der Waals surface area (Å²) in [5.74, 6) is 0.984. The van der Waals surface area contributed by atoms with Crippen LogP contribution in [0.1, 0.15) is 42.6 Å². The Morgan fingerprint density at radius 2 is 1.57 bits per heavy atom. The normalized spacial score (nSPS) is 10.7. The molecular weight excluding hydrogens is 380 g/mol. The number of rotatable bonds is 10. The van der Waals surface area contributed by atoms with E-state index in [1.165, 1.54) is 6.08 Å². The first kappa shape index (κ1) is 23.0. The Bertz CT molecular complexity index is 869. The molecule has 6 nitrogen and oxygen atoms in total. The predicted octanol–water partition coefficient (Wildman–Crippen LogP) is 4.62. The van der Waals surface area contributed by atoms with Gasteiger partial charge in [0.15, 0.2) is 11.5 Å². The van der Waals surface area contributed by atoms with Crippen molar-refractivity contribution in [3.05, 3.63) is 59.7 Å². The lowest BCUT2D eigenvalue weighted by atomic mass is 10.1. The minimum Gasteiger partial charge on any atom is -0.493 e. The minimum absolute atomic E-state index is 0.0184. The molecule has 0 radical (unpaired) electrons. The van der Waals surface area contributed by atoms with Crippen LogP contribution >= 0.6 is 0 Å². The van der Waals surface area contributed by atoms with E-state index in [0.717, 1.165) is 31.5 Å². The van der Waals surface area contributed by atoms with Crippen LogP contribution in [0, 0.1) is 0 Å². The van der Waals surface area contributed by atoms with Gasteiger partial charge in [0.05, 0.1) is 14.2 Å². The van der Waals surface area contributed by atoms with E-state index in [9.17, 15) is 9.59 Å². The molecular formula is C24H30N2O4. The monoisotopic (exact) mass is 410 g/mol. The number of carbonyl (C=O) groups excluding carboxylic acids is 2. The van der Waals surface area contributed by atoms with E-state index >= 15 is 0 Å². The van der Waals surface area contributed by atoms with Crippen LogP contribution in [-0.4, -0.2) is 44.0 Å². The van der Waals surface area contributed by atoms with E-state index in [-0.39, 0.29) is 11.8 Å². The van der Waals surface area contributed by atoms with Gasteiger partial charge < -0.3 is 19.7 Å². The first-order valence-electron chi connectivity index (χ1n) is 10.1. The Morgan fingerprint density at radius 1 is 0.933 bits per heavy atom. The Labute approximate surface area is 178 Å². The fourth-order valence-corrected chi connectivity index (χ4v) is 3.05. The summed E-state index contributed by atoms with van der Waals surface area (Å²) in [5, 5.41) is 2.80. The van der Waals surface area contributed by atoms with Gasteiger partial charge >= 0.3 is 0 Å². The molecule has 0 aliphatic carbocycles. The van der Waals surface area contributed by atoms with Crippen LogP contribution < -0.4 is 14.8 Å². The highest BCUT2D eigenvalue weighted by atomic mass is 16.5. The molecule has 0 saturated heterocycles. The van der Waals surface area contributed by atoms with Crippen LogP contribution in [0.3, 0.4) is 0 Å². The number of benzene rings is 2. The van der Waals surface area contributed by atoms with Crippen molar-refractivity contribution in [2.24, 2.45) is 0 Å². The third-order valence-corrected chi connectivity index (χ3v) is 4.51. The Hall–Kier alpha value is -3.28. The lowest BCUT2D eigenvalue weighted by Gasteiger charge is -2.21. The van der Waals surface area contributed by atoms with Crippen molar-refractivity contribution in [3.63, 3.8) is 0 Å². The summed E-state index contributed by atoms with van der Waals surface area (Å²) in [6, 6.07) is 12.4. The smallest absolute Gasteiger partial charge is 0.253 e. The molecule has 30 heavy (non-hydrogen) atoms. The topological polar surface area (TPSA) is 67.9 Å². The number of carbonyl (C=O) groups is 2. The van der Waals surface area contributed by atoms with E-state index < -0.39 is 0 Å². The molecule has 0 unspecified atom stereocenters. The SMILES string of the molecule is CCCN(CCC)C(=O)c1ccc(NC(=O)/C=C/c2ccc(OC)c(OC)c2)cc1. The van der Waals surface area contributed by atoms with E-state index in [1.54, 1.807) is 56.7 Å². The number of nitrogens with one attached hydrogen (secondary N) is 1. The summed E-state index contributed by atoms with van der Waals surface area (Å²) < 4.78 is 10.5. The van der Waals surface area contributed by atoms with Gasteiger partial charge in [0.25, 0.3) is 5.91 Å². The maximum absolute atomic E-state index is 12.6. The molecule has 1 N–H and O–H groups in total. The van der Waals surface area contributed by atoms with Gasteiger partial charge in [-0.2, -0.15) is 0 Å². The molecule has 0 bridgehead atoms. The molecule has 6 heteroatoms. The molecule has 160 valence electrons. The summed E-state index contributed by atoms with van der Waals surface area (Å²) in [4.78, 5) is 26.7. The van der Waals surface area contributed by atoms with Crippen LogP contribution in [0.15, 0.2) is 48.5 Å². The summed E-state index contributed by atoms with van der Waals surface area (Å²) >= 11 is 0. The van der Waals surface area contributed by atoms with Gasteiger partial charge in [0, 0.05) is 30.4 Å². The van der Waals surface area contributed by atoms with Crippen molar-refractivity contribution >= 4 is 23.6 Å². The molecule has 0 atom stereocenters. The highest BCUT2D eigenvalue weighted by Crippen LogP contribution is 2.28. The molecule has 0 aliphatic rings. The highest BCUT2D eigenvalue weighted by molar-refractivity contribution is 6.02. The first-order chi connectivity index (χ1) is 14.5. The summed E-state index contributed by atoms with van der Waals surface area (Å²) in [7, 11) is 3.14.